The summed E-state index contributed by atoms with van der Waals surface area (Å²) >= 11 is 0. The molecule has 0 bridgehead atoms. The van der Waals surface area contributed by atoms with Crippen LogP contribution in [0, 0.1) is 17.0 Å². The van der Waals surface area contributed by atoms with Gasteiger partial charge in [-0.3, -0.25) is 15.2 Å². The van der Waals surface area contributed by atoms with Gasteiger partial charge in [0.15, 0.2) is 27.2 Å². The Morgan fingerprint density at radius 3 is 2.59 bits per heavy atom. The predicted octanol–water partition coefficient (Wildman–Crippen LogP) is 2.68. The lowest BCUT2D eigenvalue weighted by Gasteiger charge is -2.19. The minimum Gasteiger partial charge on any atom is -0.504 e. The zero-order valence-electron chi connectivity index (χ0n) is 23.7. The quantitative estimate of drug-likeness (QED) is 0.130. The number of aromatic nitrogens is 1. The van der Waals surface area contributed by atoms with Gasteiger partial charge in [0.25, 0.3) is 5.88 Å². The second-order valence-corrected chi connectivity index (χ2v) is 11.7. The number of rotatable bonds is 12. The third-order valence-electron chi connectivity index (χ3n) is 6.49. The number of nitrogens with two attached hydrogens (primary N) is 2. The van der Waals surface area contributed by atoms with Crippen LogP contribution in [0.5, 0.6) is 28.9 Å². The Bertz CT molecular complexity index is 1740. The lowest BCUT2D eigenvalue weighted by molar-refractivity contribution is -0.144. The van der Waals surface area contributed by atoms with Crippen molar-refractivity contribution in [1.29, 1.82) is 5.41 Å². The number of halogens is 2. The minimum atomic E-state index is -3.98. The van der Waals surface area contributed by atoms with Gasteiger partial charge in [0.1, 0.15) is 23.5 Å². The highest BCUT2D eigenvalue weighted by molar-refractivity contribution is 7.91. The van der Waals surface area contributed by atoms with Crippen LogP contribution >= 0.6 is 0 Å². The Labute approximate surface area is 251 Å². The first-order valence-corrected chi connectivity index (χ1v) is 14.9. The van der Waals surface area contributed by atoms with Crippen LogP contribution in [0.25, 0.3) is 0 Å². The standard InChI is InChI=1S/C28H30F2N6O7S/c1-3-41-28(38)19(31)8-11-44(39,40)16-5-7-21(17(13-16)26-34-9-10-36(26)2)42-24-18(29)14-35-27(23(24)30)43-22-12-15(25(32)33)4-6-20(22)37/h4-7,12-14,19,37H,3,8-11,31H2,1-2H3,(H3,32,33). The number of nitrogens with zero attached hydrogens (tertiary/aromatic N) is 3. The molecule has 1 unspecified atom stereocenters. The molecular weight excluding hydrogens is 602 g/mol. The van der Waals surface area contributed by atoms with E-state index in [1.807, 2.05) is 0 Å². The topological polar surface area (TPSA) is 204 Å². The number of sulfone groups is 1. The van der Waals surface area contributed by atoms with Gasteiger partial charge in [-0.15, -0.1) is 0 Å². The van der Waals surface area contributed by atoms with Gasteiger partial charge in [0.05, 0.1) is 35.6 Å². The third kappa shape index (κ3) is 7.03. The van der Waals surface area contributed by atoms with Gasteiger partial charge in [-0.2, -0.15) is 4.39 Å². The molecule has 44 heavy (non-hydrogen) atoms. The molecule has 1 aliphatic rings. The summed E-state index contributed by atoms with van der Waals surface area (Å²) in [5.41, 5.74) is 11.5. The third-order valence-corrected chi connectivity index (χ3v) is 8.23. The van der Waals surface area contributed by atoms with E-state index in [4.69, 9.17) is 31.1 Å². The number of aromatic hydroxyl groups is 1. The summed E-state index contributed by atoms with van der Waals surface area (Å²) in [4.78, 5) is 21.4. The Morgan fingerprint density at radius 1 is 1.18 bits per heavy atom. The molecule has 2 heterocycles. The minimum absolute atomic E-state index is 0.0988. The fraction of sp³-hybridized carbons (Fsp3) is 0.286. The number of nitrogens with one attached hydrogen (secondary N) is 1. The molecule has 1 aliphatic heterocycles. The summed E-state index contributed by atoms with van der Waals surface area (Å²) in [6.45, 7) is 2.59. The van der Waals surface area contributed by atoms with Gasteiger partial charge >= 0.3 is 5.97 Å². The summed E-state index contributed by atoms with van der Waals surface area (Å²) in [7, 11) is -2.27. The van der Waals surface area contributed by atoms with Gasteiger partial charge in [-0.1, -0.05) is 0 Å². The van der Waals surface area contributed by atoms with Crippen LogP contribution in [0.2, 0.25) is 0 Å². The molecule has 1 aromatic heterocycles. The number of benzene rings is 2. The fourth-order valence-electron chi connectivity index (χ4n) is 4.13. The van der Waals surface area contributed by atoms with Gasteiger partial charge < -0.3 is 35.7 Å². The summed E-state index contributed by atoms with van der Waals surface area (Å²) in [5, 5.41) is 17.7. The predicted molar refractivity (Wildman–Crippen MR) is 155 cm³/mol. The van der Waals surface area contributed by atoms with Gasteiger partial charge in [-0.25, -0.2) is 17.8 Å². The lowest BCUT2D eigenvalue weighted by Crippen LogP contribution is -2.34. The van der Waals surface area contributed by atoms with E-state index >= 15 is 4.39 Å². The van der Waals surface area contributed by atoms with E-state index in [0.717, 1.165) is 0 Å². The summed E-state index contributed by atoms with van der Waals surface area (Å²) in [5.74, 6) is -6.32. The van der Waals surface area contributed by atoms with Crippen molar-refractivity contribution in [1.82, 2.24) is 9.88 Å². The van der Waals surface area contributed by atoms with Crippen LogP contribution in [0.4, 0.5) is 8.78 Å². The average molecular weight is 633 g/mol. The average Bonchev–Trinajstić information content (AvgIpc) is 3.41. The molecule has 0 radical (unpaired) electrons. The SMILES string of the molecule is CCOC(=O)C(N)CCS(=O)(=O)c1ccc(Oc2c(F)cnc(Oc3cc(C(=N)N)ccc3O)c2F)c(C2=NCCN2C)c1. The van der Waals surface area contributed by atoms with Crippen molar-refractivity contribution in [3.8, 4) is 28.9 Å². The number of phenols is 1. The molecule has 13 nitrogen and oxygen atoms in total. The van der Waals surface area contributed by atoms with E-state index in [1.165, 1.54) is 36.4 Å². The number of carbonyl (C=O) groups is 1. The number of amidine groups is 2. The highest BCUT2D eigenvalue weighted by Gasteiger charge is 2.27. The van der Waals surface area contributed by atoms with E-state index < -0.39 is 56.6 Å². The smallest absolute Gasteiger partial charge is 0.322 e. The molecule has 4 rings (SSSR count). The number of esters is 1. The summed E-state index contributed by atoms with van der Waals surface area (Å²) in [6, 6.07) is 6.24. The zero-order valence-corrected chi connectivity index (χ0v) is 24.5. The van der Waals surface area contributed by atoms with Crippen molar-refractivity contribution in [2.24, 2.45) is 16.5 Å². The fourth-order valence-corrected chi connectivity index (χ4v) is 5.50. The molecule has 2 aromatic carbocycles. The van der Waals surface area contributed by atoms with E-state index in [9.17, 15) is 22.7 Å². The number of phenolic OH excluding ortho intramolecular Hbond substituents is 1. The van der Waals surface area contributed by atoms with E-state index in [-0.39, 0.29) is 46.4 Å². The van der Waals surface area contributed by atoms with Crippen molar-refractivity contribution in [3.05, 3.63) is 65.4 Å². The highest BCUT2D eigenvalue weighted by Crippen LogP contribution is 2.38. The van der Waals surface area contributed by atoms with Crippen LogP contribution in [0.15, 0.2) is 52.5 Å². The molecule has 0 saturated heterocycles. The molecule has 0 spiro atoms. The summed E-state index contributed by atoms with van der Waals surface area (Å²) < 4.78 is 72.6. The molecule has 0 aliphatic carbocycles. The van der Waals surface area contributed by atoms with Crippen LogP contribution in [0.3, 0.4) is 0 Å². The molecule has 16 heteroatoms. The van der Waals surface area contributed by atoms with Crippen molar-refractivity contribution in [3.63, 3.8) is 0 Å². The number of pyridine rings is 1. The van der Waals surface area contributed by atoms with Gasteiger partial charge in [0.2, 0.25) is 11.6 Å². The Balaban J connectivity index is 1.68. The van der Waals surface area contributed by atoms with E-state index in [1.54, 1.807) is 18.9 Å². The molecule has 234 valence electrons. The maximum absolute atomic E-state index is 15.6. The maximum Gasteiger partial charge on any atom is 0.322 e. The number of ether oxygens (including phenoxy) is 3. The van der Waals surface area contributed by atoms with Crippen LogP contribution in [-0.2, 0) is 19.4 Å². The second-order valence-electron chi connectivity index (χ2n) is 9.61. The Hall–Kier alpha value is -4.83. The van der Waals surface area contributed by atoms with Gasteiger partial charge in [-0.05, 0) is 49.7 Å². The Kier molecular flexibility index (Phi) is 9.64. The van der Waals surface area contributed by atoms with Crippen LogP contribution in [-0.4, -0.2) is 79.6 Å². The first kappa shape index (κ1) is 32.1. The molecule has 0 fully saturated rings. The Morgan fingerprint density at radius 2 is 1.93 bits per heavy atom. The lowest BCUT2D eigenvalue weighted by atomic mass is 10.1. The zero-order chi connectivity index (χ0) is 32.2. The molecule has 3 aromatic rings. The largest absolute Gasteiger partial charge is 0.504 e. The number of likely N-dealkylation sites (N-methyl/N-ethyl adjacent to an activating group) is 1. The first-order valence-electron chi connectivity index (χ1n) is 13.2. The number of carbonyl (C=O) groups excluding carboxylic acids is 1. The monoisotopic (exact) mass is 632 g/mol. The van der Waals surface area contributed by atoms with Gasteiger partial charge in [0, 0.05) is 19.2 Å². The van der Waals surface area contributed by atoms with Crippen LogP contribution in [0.1, 0.15) is 24.5 Å². The van der Waals surface area contributed by atoms with Crippen molar-refractivity contribution >= 4 is 27.5 Å². The normalized spacial score (nSPS) is 13.8. The van der Waals surface area contributed by atoms with Crippen LogP contribution < -0.4 is 20.9 Å². The molecule has 0 saturated carbocycles. The number of hydrogen-bond acceptors (Lipinski definition) is 12. The van der Waals surface area contributed by atoms with E-state index in [2.05, 4.69) is 9.98 Å². The molecular formula is C28H30F2N6O7S. The van der Waals surface area contributed by atoms with Crippen molar-refractivity contribution < 1.29 is 41.3 Å². The number of nitrogen functional groups attached to an aromatic ring is 1. The number of hydrogen-bond donors (Lipinski definition) is 4. The summed E-state index contributed by atoms with van der Waals surface area (Å²) in [6.07, 6.45) is 0.445. The highest BCUT2D eigenvalue weighted by atomic mass is 32.2. The molecule has 1 atom stereocenters. The maximum atomic E-state index is 15.6. The second kappa shape index (κ2) is 13.2. The molecule has 0 amide bonds. The van der Waals surface area contributed by atoms with Crippen molar-refractivity contribution in [2.75, 3.05) is 32.5 Å². The first-order chi connectivity index (χ1) is 20.8. The van der Waals surface area contributed by atoms with Crippen molar-refractivity contribution in [2.45, 2.75) is 24.3 Å². The van der Waals surface area contributed by atoms with E-state index in [0.29, 0.717) is 25.1 Å². The number of aliphatic imine (C=N–C) groups is 1. The molecule has 6 N–H and O–H groups in total.